The van der Waals surface area contributed by atoms with Gasteiger partial charge in [0.1, 0.15) is 5.75 Å². The third-order valence-corrected chi connectivity index (χ3v) is 5.04. The Kier molecular flexibility index (Phi) is 6.60. The van der Waals surface area contributed by atoms with Crippen LogP contribution in [0, 0.1) is 0 Å². The normalized spacial score (nSPS) is 20.7. The van der Waals surface area contributed by atoms with Crippen LogP contribution in [0.4, 0.5) is 14.5 Å². The molecule has 0 saturated carbocycles. The molecule has 2 amide bonds. The summed E-state index contributed by atoms with van der Waals surface area (Å²) in [6.07, 6.45) is 4.70. The molecule has 1 atom stereocenters. The molecule has 1 N–H and O–H groups in total. The van der Waals surface area contributed by atoms with Crippen LogP contribution in [0.25, 0.3) is 0 Å². The summed E-state index contributed by atoms with van der Waals surface area (Å²) >= 11 is 0. The number of carbonyl (C=O) groups is 2. The van der Waals surface area contributed by atoms with Gasteiger partial charge in [-0.1, -0.05) is 18.6 Å². The van der Waals surface area contributed by atoms with Crippen molar-refractivity contribution in [2.75, 3.05) is 31.5 Å². The molecule has 1 aromatic carbocycles. The molecule has 1 unspecified atom stereocenters. The third-order valence-electron chi connectivity index (χ3n) is 5.04. The van der Waals surface area contributed by atoms with Crippen molar-refractivity contribution in [1.29, 1.82) is 0 Å². The van der Waals surface area contributed by atoms with Gasteiger partial charge in [0.15, 0.2) is 0 Å². The Morgan fingerprint density at radius 2 is 1.81 bits per heavy atom. The number of carbonyl (C=O) groups excluding carboxylic acids is 2. The molecule has 6 nitrogen and oxygen atoms in total. The van der Waals surface area contributed by atoms with Gasteiger partial charge in [0.25, 0.3) is 0 Å². The molecule has 2 aliphatic rings. The monoisotopic (exact) mass is 381 g/mol. The lowest BCUT2D eigenvalue weighted by Gasteiger charge is -2.36. The number of benzene rings is 1. The second kappa shape index (κ2) is 9.12. The van der Waals surface area contributed by atoms with Crippen molar-refractivity contribution in [1.82, 2.24) is 9.80 Å². The lowest BCUT2D eigenvalue weighted by Crippen LogP contribution is -2.52. The van der Waals surface area contributed by atoms with Crippen LogP contribution in [0.15, 0.2) is 24.3 Å². The fraction of sp³-hybridized carbons (Fsp3) is 0.579. The average molecular weight is 381 g/mol. The van der Waals surface area contributed by atoms with E-state index in [1.165, 1.54) is 12.1 Å². The van der Waals surface area contributed by atoms with E-state index in [0.717, 1.165) is 45.2 Å². The number of hydrogen-bond acceptors (Lipinski definition) is 4. The van der Waals surface area contributed by atoms with Gasteiger partial charge in [0.2, 0.25) is 11.8 Å². The SMILES string of the molecule is O=C(CN1CCCCC1C(=O)N1CCCC1)Nc1ccccc1OC(F)F. The summed E-state index contributed by atoms with van der Waals surface area (Å²) in [5, 5.41) is 2.63. The third kappa shape index (κ3) is 5.15. The van der Waals surface area contributed by atoms with Gasteiger partial charge < -0.3 is 15.0 Å². The van der Waals surface area contributed by atoms with Crippen LogP contribution in [0.3, 0.4) is 0 Å². The second-order valence-electron chi connectivity index (χ2n) is 6.94. The molecule has 1 aromatic rings. The van der Waals surface area contributed by atoms with Gasteiger partial charge >= 0.3 is 6.61 Å². The molecule has 0 radical (unpaired) electrons. The number of likely N-dealkylation sites (tertiary alicyclic amines) is 2. The Labute approximate surface area is 157 Å². The van der Waals surface area contributed by atoms with Crippen molar-refractivity contribution in [3.63, 3.8) is 0 Å². The number of alkyl halides is 2. The van der Waals surface area contributed by atoms with Gasteiger partial charge in [-0.05, 0) is 44.4 Å². The first-order chi connectivity index (χ1) is 13.0. The zero-order chi connectivity index (χ0) is 19.2. The van der Waals surface area contributed by atoms with Crippen LogP contribution in [0.1, 0.15) is 32.1 Å². The predicted octanol–water partition coefficient (Wildman–Crippen LogP) is 2.70. The first-order valence-corrected chi connectivity index (χ1v) is 9.41. The van der Waals surface area contributed by atoms with Crippen molar-refractivity contribution in [2.45, 2.75) is 44.8 Å². The van der Waals surface area contributed by atoms with E-state index in [9.17, 15) is 18.4 Å². The number of nitrogens with one attached hydrogen (secondary N) is 1. The van der Waals surface area contributed by atoms with E-state index in [-0.39, 0.29) is 35.8 Å². The van der Waals surface area contributed by atoms with Crippen LogP contribution in [-0.2, 0) is 9.59 Å². The number of rotatable bonds is 6. The van der Waals surface area contributed by atoms with Gasteiger partial charge in [0.05, 0.1) is 18.3 Å². The molecular weight excluding hydrogens is 356 g/mol. The number of hydrogen-bond donors (Lipinski definition) is 1. The zero-order valence-corrected chi connectivity index (χ0v) is 15.2. The maximum Gasteiger partial charge on any atom is 0.387 e. The molecular formula is C19H25F2N3O3. The molecule has 148 valence electrons. The molecule has 8 heteroatoms. The molecule has 0 spiro atoms. The van der Waals surface area contributed by atoms with Crippen LogP contribution < -0.4 is 10.1 Å². The summed E-state index contributed by atoms with van der Waals surface area (Å²) in [5.41, 5.74) is 0.197. The zero-order valence-electron chi connectivity index (χ0n) is 15.2. The Morgan fingerprint density at radius 3 is 2.56 bits per heavy atom. The lowest BCUT2D eigenvalue weighted by atomic mass is 10.0. The number of amides is 2. The molecule has 0 aliphatic carbocycles. The van der Waals surface area contributed by atoms with Gasteiger partial charge in [-0.15, -0.1) is 0 Å². The van der Waals surface area contributed by atoms with E-state index in [1.807, 2.05) is 9.80 Å². The topological polar surface area (TPSA) is 61.9 Å². The van der Waals surface area contributed by atoms with Crippen molar-refractivity contribution in [2.24, 2.45) is 0 Å². The highest BCUT2D eigenvalue weighted by Crippen LogP contribution is 2.26. The van der Waals surface area contributed by atoms with E-state index in [0.29, 0.717) is 6.54 Å². The van der Waals surface area contributed by atoms with Crippen molar-refractivity contribution < 1.29 is 23.1 Å². The number of anilines is 1. The average Bonchev–Trinajstić information content (AvgIpc) is 3.17. The maximum atomic E-state index is 12.8. The van der Waals surface area contributed by atoms with E-state index in [4.69, 9.17) is 0 Å². The summed E-state index contributed by atoms with van der Waals surface area (Å²) in [4.78, 5) is 29.0. The highest BCUT2D eigenvalue weighted by molar-refractivity contribution is 5.94. The van der Waals surface area contributed by atoms with Crippen molar-refractivity contribution >= 4 is 17.5 Å². The predicted molar refractivity (Wildman–Crippen MR) is 96.7 cm³/mol. The maximum absolute atomic E-state index is 12.8. The molecule has 0 aromatic heterocycles. The Balaban J connectivity index is 1.62. The highest BCUT2D eigenvalue weighted by Gasteiger charge is 2.33. The Hall–Kier alpha value is -2.22. The van der Waals surface area contributed by atoms with E-state index >= 15 is 0 Å². The molecule has 0 bridgehead atoms. The molecule has 2 aliphatic heterocycles. The Bertz CT molecular complexity index is 665. The fourth-order valence-corrected chi connectivity index (χ4v) is 3.75. The number of nitrogens with zero attached hydrogens (tertiary/aromatic N) is 2. The standard InChI is InChI=1S/C19H25F2N3O3/c20-19(21)27-16-9-2-1-7-14(16)22-17(25)13-24-12-4-3-8-15(24)18(26)23-10-5-6-11-23/h1-2,7,9,15,19H,3-6,8,10-13H2,(H,22,25). The minimum atomic E-state index is -2.97. The number of halogens is 2. The van der Waals surface area contributed by atoms with Gasteiger partial charge in [-0.25, -0.2) is 0 Å². The van der Waals surface area contributed by atoms with Crippen LogP contribution >= 0.6 is 0 Å². The fourth-order valence-electron chi connectivity index (χ4n) is 3.75. The van der Waals surface area contributed by atoms with E-state index < -0.39 is 6.61 Å². The van der Waals surface area contributed by atoms with E-state index in [1.54, 1.807) is 12.1 Å². The van der Waals surface area contributed by atoms with Crippen molar-refractivity contribution in [3.8, 4) is 5.75 Å². The van der Waals surface area contributed by atoms with Crippen LogP contribution in [0.5, 0.6) is 5.75 Å². The van der Waals surface area contributed by atoms with Gasteiger partial charge in [-0.2, -0.15) is 8.78 Å². The number of para-hydroxylation sites is 2. The number of ether oxygens (including phenoxy) is 1. The summed E-state index contributed by atoms with van der Waals surface area (Å²) in [5.74, 6) is -0.327. The second-order valence-corrected chi connectivity index (χ2v) is 6.94. The first kappa shape index (κ1) is 19.5. The Morgan fingerprint density at radius 1 is 1.11 bits per heavy atom. The summed E-state index contributed by atoms with van der Waals surface area (Å²) in [6, 6.07) is 5.80. The van der Waals surface area contributed by atoms with Gasteiger partial charge in [0, 0.05) is 13.1 Å². The summed E-state index contributed by atoms with van der Waals surface area (Å²) in [6.45, 7) is -0.672. The van der Waals surface area contributed by atoms with Gasteiger partial charge in [-0.3, -0.25) is 14.5 Å². The first-order valence-electron chi connectivity index (χ1n) is 9.41. The molecule has 27 heavy (non-hydrogen) atoms. The molecule has 2 fully saturated rings. The quantitative estimate of drug-likeness (QED) is 0.823. The number of piperidine rings is 1. The highest BCUT2D eigenvalue weighted by atomic mass is 19.3. The summed E-state index contributed by atoms with van der Waals surface area (Å²) in [7, 11) is 0. The van der Waals surface area contributed by atoms with Crippen LogP contribution in [0.2, 0.25) is 0 Å². The van der Waals surface area contributed by atoms with Crippen molar-refractivity contribution in [3.05, 3.63) is 24.3 Å². The van der Waals surface area contributed by atoms with Crippen LogP contribution in [-0.4, -0.2) is 60.4 Å². The largest absolute Gasteiger partial charge is 0.433 e. The van der Waals surface area contributed by atoms with E-state index in [2.05, 4.69) is 10.1 Å². The molecule has 2 saturated heterocycles. The summed E-state index contributed by atoms with van der Waals surface area (Å²) < 4.78 is 29.5. The smallest absolute Gasteiger partial charge is 0.387 e. The molecule has 3 rings (SSSR count). The lowest BCUT2D eigenvalue weighted by molar-refractivity contribution is -0.137. The minimum Gasteiger partial charge on any atom is -0.433 e. The molecule has 2 heterocycles. The minimum absolute atomic E-state index is 0.0489.